The Balaban J connectivity index is 1.73. The lowest BCUT2D eigenvalue weighted by atomic mass is 10.2. The Morgan fingerprint density at radius 2 is 1.65 bits per heavy atom. The van der Waals surface area contributed by atoms with Crippen molar-refractivity contribution in [3.05, 3.63) is 30.3 Å². The maximum absolute atomic E-state index is 12.6. The molecule has 0 unspecified atom stereocenters. The number of benzene rings is 1. The lowest BCUT2D eigenvalue weighted by Crippen LogP contribution is -2.49. The standard InChI is InChI=1S/C22H36N6O3/c1-5-23-20(24-11-12-25-21(30)31-22(2,3)4)26-17-19(29)28-15-13-27(14-16-28)18-9-7-6-8-10-18/h6-10H,5,11-17H2,1-4H3,(H,25,30)(H2,23,24,26). The summed E-state index contributed by atoms with van der Waals surface area (Å²) >= 11 is 0. The molecular weight excluding hydrogens is 396 g/mol. The molecule has 2 amide bonds. The van der Waals surface area contributed by atoms with Crippen LogP contribution in [0.4, 0.5) is 10.5 Å². The van der Waals surface area contributed by atoms with Gasteiger partial charge in [-0.05, 0) is 39.8 Å². The highest BCUT2D eigenvalue weighted by Gasteiger charge is 2.21. The highest BCUT2D eigenvalue weighted by molar-refractivity contribution is 5.85. The first-order chi connectivity index (χ1) is 14.8. The average Bonchev–Trinajstić information content (AvgIpc) is 2.74. The predicted molar refractivity (Wildman–Crippen MR) is 123 cm³/mol. The van der Waals surface area contributed by atoms with Crippen molar-refractivity contribution in [3.8, 4) is 0 Å². The van der Waals surface area contributed by atoms with Crippen molar-refractivity contribution in [1.29, 1.82) is 0 Å². The molecule has 2 rings (SSSR count). The van der Waals surface area contributed by atoms with E-state index < -0.39 is 11.7 Å². The number of nitrogens with zero attached hydrogens (tertiary/aromatic N) is 3. The van der Waals surface area contributed by atoms with Crippen molar-refractivity contribution in [2.75, 3.05) is 57.3 Å². The molecule has 1 aliphatic rings. The van der Waals surface area contributed by atoms with Crippen LogP contribution in [0.2, 0.25) is 0 Å². The maximum Gasteiger partial charge on any atom is 0.407 e. The van der Waals surface area contributed by atoms with Gasteiger partial charge in [-0.1, -0.05) is 18.2 Å². The fraction of sp³-hybridized carbons (Fsp3) is 0.591. The molecule has 1 saturated heterocycles. The van der Waals surface area contributed by atoms with Crippen molar-refractivity contribution in [2.24, 2.45) is 4.99 Å². The molecule has 1 aromatic carbocycles. The fourth-order valence-corrected chi connectivity index (χ4v) is 3.10. The molecule has 0 radical (unpaired) electrons. The summed E-state index contributed by atoms with van der Waals surface area (Å²) in [7, 11) is 0. The topological polar surface area (TPSA) is 98.3 Å². The largest absolute Gasteiger partial charge is 0.444 e. The number of aliphatic imine (C=N–C) groups is 1. The summed E-state index contributed by atoms with van der Waals surface area (Å²) < 4.78 is 5.20. The van der Waals surface area contributed by atoms with Gasteiger partial charge in [0.15, 0.2) is 5.96 Å². The molecule has 1 fully saturated rings. The van der Waals surface area contributed by atoms with Crippen LogP contribution in [-0.4, -0.2) is 80.8 Å². The van der Waals surface area contributed by atoms with Gasteiger partial charge in [0.2, 0.25) is 5.91 Å². The van der Waals surface area contributed by atoms with Crippen LogP contribution in [0.15, 0.2) is 35.3 Å². The quantitative estimate of drug-likeness (QED) is 0.342. The molecule has 0 aliphatic carbocycles. The number of anilines is 1. The molecule has 9 nitrogen and oxygen atoms in total. The molecule has 1 aromatic rings. The van der Waals surface area contributed by atoms with E-state index >= 15 is 0 Å². The van der Waals surface area contributed by atoms with Crippen LogP contribution in [0.25, 0.3) is 0 Å². The zero-order valence-electron chi connectivity index (χ0n) is 19.1. The zero-order valence-corrected chi connectivity index (χ0v) is 19.1. The van der Waals surface area contributed by atoms with Gasteiger partial charge in [-0.3, -0.25) is 4.79 Å². The van der Waals surface area contributed by atoms with Gasteiger partial charge in [0.05, 0.1) is 0 Å². The number of guanidine groups is 1. The van der Waals surface area contributed by atoms with Crippen LogP contribution in [0.5, 0.6) is 0 Å². The number of amides is 2. The molecule has 31 heavy (non-hydrogen) atoms. The predicted octanol–water partition coefficient (Wildman–Crippen LogP) is 1.42. The van der Waals surface area contributed by atoms with Gasteiger partial charge in [-0.15, -0.1) is 0 Å². The molecule has 0 spiro atoms. The molecule has 3 N–H and O–H groups in total. The first-order valence-electron chi connectivity index (χ1n) is 10.9. The lowest BCUT2D eigenvalue weighted by molar-refractivity contribution is -0.129. The Kier molecular flexibility index (Phi) is 9.42. The number of piperazine rings is 1. The summed E-state index contributed by atoms with van der Waals surface area (Å²) in [6, 6.07) is 10.2. The Hall–Kier alpha value is -2.97. The molecule has 0 atom stereocenters. The van der Waals surface area contributed by atoms with Crippen molar-refractivity contribution >= 4 is 23.6 Å². The average molecular weight is 433 g/mol. The molecule has 0 aromatic heterocycles. The molecule has 0 bridgehead atoms. The first-order valence-corrected chi connectivity index (χ1v) is 10.9. The van der Waals surface area contributed by atoms with E-state index in [1.165, 1.54) is 5.69 Å². The van der Waals surface area contributed by atoms with E-state index in [0.29, 0.717) is 38.7 Å². The van der Waals surface area contributed by atoms with Crippen molar-refractivity contribution < 1.29 is 14.3 Å². The third kappa shape index (κ3) is 9.15. The minimum absolute atomic E-state index is 0.0109. The number of rotatable bonds is 7. The minimum atomic E-state index is -0.527. The van der Waals surface area contributed by atoms with Gasteiger partial charge in [-0.25, -0.2) is 9.79 Å². The number of ether oxygens (including phenoxy) is 1. The number of carbonyl (C=O) groups excluding carboxylic acids is 2. The molecule has 1 aliphatic heterocycles. The summed E-state index contributed by atoms with van der Waals surface area (Å²) in [4.78, 5) is 32.8. The van der Waals surface area contributed by atoms with Crippen LogP contribution < -0.4 is 20.9 Å². The van der Waals surface area contributed by atoms with Gasteiger partial charge in [0, 0.05) is 51.5 Å². The third-order valence-corrected chi connectivity index (χ3v) is 4.56. The van der Waals surface area contributed by atoms with E-state index in [0.717, 1.165) is 13.1 Å². The van der Waals surface area contributed by atoms with Gasteiger partial charge in [0.1, 0.15) is 12.1 Å². The number of alkyl carbamates (subject to hydrolysis) is 1. The number of hydrogen-bond acceptors (Lipinski definition) is 5. The molecular formula is C22H36N6O3. The molecule has 1 heterocycles. The third-order valence-electron chi connectivity index (χ3n) is 4.56. The highest BCUT2D eigenvalue weighted by Crippen LogP contribution is 2.15. The zero-order chi connectivity index (χ0) is 22.7. The first kappa shape index (κ1) is 24.3. The van der Waals surface area contributed by atoms with Crippen LogP contribution in [-0.2, 0) is 9.53 Å². The summed E-state index contributed by atoms with van der Waals surface area (Å²) in [6.45, 7) is 12.0. The minimum Gasteiger partial charge on any atom is -0.444 e. The molecule has 9 heteroatoms. The van der Waals surface area contributed by atoms with E-state index in [1.807, 2.05) is 50.8 Å². The van der Waals surface area contributed by atoms with Crippen molar-refractivity contribution in [3.63, 3.8) is 0 Å². The summed E-state index contributed by atoms with van der Waals surface area (Å²) in [5, 5.41) is 8.91. The van der Waals surface area contributed by atoms with Crippen molar-refractivity contribution in [2.45, 2.75) is 33.3 Å². The van der Waals surface area contributed by atoms with Crippen molar-refractivity contribution in [1.82, 2.24) is 20.9 Å². The van der Waals surface area contributed by atoms with Crippen LogP contribution >= 0.6 is 0 Å². The van der Waals surface area contributed by atoms with Crippen LogP contribution in [0, 0.1) is 0 Å². The Labute approximate surface area is 185 Å². The number of hydrogen-bond donors (Lipinski definition) is 3. The highest BCUT2D eigenvalue weighted by atomic mass is 16.6. The number of nitrogens with one attached hydrogen (secondary N) is 3. The van der Waals surface area contributed by atoms with E-state index in [4.69, 9.17) is 4.74 Å². The maximum atomic E-state index is 12.6. The monoisotopic (exact) mass is 432 g/mol. The van der Waals surface area contributed by atoms with Gasteiger partial charge in [-0.2, -0.15) is 0 Å². The number of para-hydroxylation sites is 1. The fourth-order valence-electron chi connectivity index (χ4n) is 3.10. The van der Waals surface area contributed by atoms with Gasteiger partial charge in [0.25, 0.3) is 0 Å². The van der Waals surface area contributed by atoms with Gasteiger partial charge >= 0.3 is 6.09 Å². The van der Waals surface area contributed by atoms with Crippen LogP contribution in [0.1, 0.15) is 27.7 Å². The SMILES string of the molecule is CCNC(=NCC(=O)N1CCN(c2ccccc2)CC1)NCCNC(=O)OC(C)(C)C. The van der Waals surface area contributed by atoms with E-state index in [2.05, 4.69) is 38.0 Å². The Bertz CT molecular complexity index is 725. The second-order valence-corrected chi connectivity index (χ2v) is 8.25. The Morgan fingerprint density at radius 1 is 1.00 bits per heavy atom. The molecule has 0 saturated carbocycles. The van der Waals surface area contributed by atoms with E-state index in [1.54, 1.807) is 0 Å². The number of carbonyl (C=O) groups is 2. The van der Waals surface area contributed by atoms with Crippen LogP contribution in [0.3, 0.4) is 0 Å². The summed E-state index contributed by atoms with van der Waals surface area (Å²) in [5.41, 5.74) is 0.659. The second kappa shape index (κ2) is 12.0. The summed E-state index contributed by atoms with van der Waals surface area (Å²) in [5.74, 6) is 0.557. The summed E-state index contributed by atoms with van der Waals surface area (Å²) in [6.07, 6.45) is -0.457. The molecule has 172 valence electrons. The smallest absolute Gasteiger partial charge is 0.407 e. The lowest BCUT2D eigenvalue weighted by Gasteiger charge is -2.36. The second-order valence-electron chi connectivity index (χ2n) is 8.25. The van der Waals surface area contributed by atoms with Gasteiger partial charge < -0.3 is 30.5 Å². The van der Waals surface area contributed by atoms with E-state index in [9.17, 15) is 9.59 Å². The van der Waals surface area contributed by atoms with E-state index in [-0.39, 0.29) is 12.5 Å². The Morgan fingerprint density at radius 3 is 2.26 bits per heavy atom. The normalized spacial score (nSPS) is 14.8.